The van der Waals surface area contributed by atoms with Crippen molar-refractivity contribution in [2.45, 2.75) is 93.4 Å². The zero-order valence-corrected chi connectivity index (χ0v) is 52.6. The zero-order valence-electron chi connectivity index (χ0n) is 49.9. The molecule has 21 heteroatoms. The van der Waals surface area contributed by atoms with Crippen LogP contribution in [0, 0.1) is 22.7 Å². The first-order chi connectivity index (χ1) is 39.5. The number of Topliss-reactive ketones (excluding diaryl/α,β-unsaturated/α-hetero) is 2. The number of amides is 4. The van der Waals surface area contributed by atoms with Gasteiger partial charge in [-0.15, -0.1) is 11.6 Å². The number of hydrogen-bond donors (Lipinski definition) is 5. The summed E-state index contributed by atoms with van der Waals surface area (Å²) in [6.07, 6.45) is 3.55. The Kier molecular flexibility index (Phi) is 33.3. The molecule has 6 aromatic rings. The number of alkyl halides is 1. The first kappa shape index (κ1) is 72.7. The molecule has 0 aliphatic heterocycles. The quantitative estimate of drug-likeness (QED) is 0.0184. The summed E-state index contributed by atoms with van der Waals surface area (Å²) in [5, 5.41) is 15.2. The van der Waals surface area contributed by atoms with E-state index in [-0.39, 0.29) is 77.8 Å². The van der Waals surface area contributed by atoms with Crippen molar-refractivity contribution in [3.8, 4) is 22.5 Å². The molecule has 2 heterocycles. The fourth-order valence-electron chi connectivity index (χ4n) is 7.87. The Morgan fingerprint density at radius 3 is 1.37 bits per heavy atom. The molecule has 6 rings (SSSR count). The minimum absolute atomic E-state index is 0. The van der Waals surface area contributed by atoms with Crippen LogP contribution in [0.5, 0.6) is 0 Å². The number of carbonyl (C=O) groups is 7. The Morgan fingerprint density at radius 2 is 0.988 bits per heavy atom. The van der Waals surface area contributed by atoms with Crippen LogP contribution in [0.3, 0.4) is 0 Å². The van der Waals surface area contributed by atoms with Crippen LogP contribution in [0.1, 0.15) is 77.6 Å². The van der Waals surface area contributed by atoms with Crippen molar-refractivity contribution in [3.05, 3.63) is 180 Å². The standard InChI is InChI=1S/C31H38N4O4.C20H26N4O3.C11H13ClO.CH2O3.Na/c1-22(19-23-11-7-6-8-12-23)27(36)21-35(34-29(37)28(31(2,3)4)33-30(38)39-5)20-24-14-16-25(17-15-24)26-13-9-10-18-32-26;1-20(2,3)17(23-19(26)27-4)18(25)24-22-13-14-8-10-15(11-9-14)16-7-5-6-12-21-16;1-9(11(13)8-12)7-10-5-3-2-4-6-10;2-1-4-3;/h6-18,22,28H,19-21H2,1-5H3,(H,33,38)(H,34,37);5-12,17,22H,13H2,1-4H3,(H,23,26)(H,24,25);2-6,9H,7-8H2,1H3;1,3H;/q;;;;+1/p-1/t22-,28-;17-;9-;;/m000../s1. The number of rotatable bonds is 22. The molecule has 5 N–H and O–H groups in total. The predicted molar refractivity (Wildman–Crippen MR) is 317 cm³/mol. The van der Waals surface area contributed by atoms with E-state index in [4.69, 9.17) is 26.4 Å². The van der Waals surface area contributed by atoms with E-state index < -0.39 is 41.0 Å². The Morgan fingerprint density at radius 1 is 0.583 bits per heavy atom. The fraction of sp³-hybridized carbons (Fsp3) is 0.349. The van der Waals surface area contributed by atoms with E-state index in [0.717, 1.165) is 45.6 Å². The van der Waals surface area contributed by atoms with Gasteiger partial charge in [0, 0.05) is 48.4 Å². The molecular formula is C63H78ClN8NaO11. The molecule has 4 amide bonds. The Bertz CT molecular complexity index is 2900. The first-order valence-electron chi connectivity index (χ1n) is 26.7. The van der Waals surface area contributed by atoms with Crippen molar-refractivity contribution in [1.82, 2.24) is 41.9 Å². The van der Waals surface area contributed by atoms with Crippen molar-refractivity contribution < 1.29 is 82.7 Å². The van der Waals surface area contributed by atoms with Gasteiger partial charge in [-0.05, 0) is 70.2 Å². The van der Waals surface area contributed by atoms with Crippen LogP contribution >= 0.6 is 11.6 Å². The zero-order chi connectivity index (χ0) is 61.4. The van der Waals surface area contributed by atoms with E-state index in [1.165, 1.54) is 19.8 Å². The minimum atomic E-state index is -0.879. The number of hydrogen-bond acceptors (Lipinski definition) is 15. The van der Waals surface area contributed by atoms with Gasteiger partial charge in [0.25, 0.3) is 18.3 Å². The molecule has 19 nitrogen and oxygen atoms in total. The normalized spacial score (nSPS) is 12.1. The Balaban J connectivity index is 0.000000460. The number of benzene rings is 4. The van der Waals surface area contributed by atoms with Gasteiger partial charge in [-0.25, -0.2) is 20.0 Å². The number of halogens is 1. The van der Waals surface area contributed by atoms with Crippen LogP contribution in [0.25, 0.3) is 22.5 Å². The molecule has 0 unspecified atom stereocenters. The van der Waals surface area contributed by atoms with Gasteiger partial charge in [0.05, 0.1) is 38.0 Å². The number of ketones is 2. The second-order valence-electron chi connectivity index (χ2n) is 21.3. The number of aromatic nitrogens is 2. The number of pyridine rings is 2. The molecule has 84 heavy (non-hydrogen) atoms. The second-order valence-corrected chi connectivity index (χ2v) is 21.6. The van der Waals surface area contributed by atoms with Crippen LogP contribution in [-0.2, 0) is 64.3 Å². The van der Waals surface area contributed by atoms with Crippen LogP contribution in [0.15, 0.2) is 158 Å². The van der Waals surface area contributed by atoms with Crippen molar-refractivity contribution in [2.24, 2.45) is 22.7 Å². The SMILES string of the molecule is COC(=O)N[C@@H](C(=O)NN(CC(=O)[C@@H](C)Cc1ccccc1)Cc1ccc(-c2ccccn2)cc1)C(C)(C)C.COC(=O)N[C@@H](C(=O)NNCc1ccc(-c2ccccn2)cc1)C(C)(C)C.C[C@@H](Cc1ccccc1)C(=O)CCl.O=CO[O-].[Na+]. The second kappa shape index (κ2) is 38.5. The average Bonchev–Trinajstić information content (AvgIpc) is 3.70. The number of methoxy groups -OCH3 is 2. The van der Waals surface area contributed by atoms with Crippen LogP contribution in [0.4, 0.5) is 9.59 Å². The molecule has 0 aliphatic carbocycles. The summed E-state index contributed by atoms with van der Waals surface area (Å²) in [7, 11) is 2.51. The van der Waals surface area contributed by atoms with Gasteiger partial charge in [-0.3, -0.25) is 44.8 Å². The molecule has 0 saturated heterocycles. The van der Waals surface area contributed by atoms with E-state index in [9.17, 15) is 28.8 Å². The van der Waals surface area contributed by atoms with E-state index in [0.29, 0.717) is 19.5 Å². The van der Waals surface area contributed by atoms with Gasteiger partial charge in [-0.2, -0.15) is 0 Å². The van der Waals surface area contributed by atoms with Gasteiger partial charge < -0.3 is 30.3 Å². The van der Waals surface area contributed by atoms with Gasteiger partial charge in [-0.1, -0.05) is 177 Å². The van der Waals surface area contributed by atoms with Crippen LogP contribution in [-0.4, -0.2) is 95.7 Å². The van der Waals surface area contributed by atoms with Gasteiger partial charge in [0.1, 0.15) is 12.1 Å². The van der Waals surface area contributed by atoms with Crippen molar-refractivity contribution in [2.75, 3.05) is 26.6 Å². The van der Waals surface area contributed by atoms with E-state index >= 15 is 0 Å². The molecule has 0 bridgehead atoms. The third-order valence-electron chi connectivity index (χ3n) is 12.5. The summed E-state index contributed by atoms with van der Waals surface area (Å²) >= 11 is 5.46. The molecule has 2 aromatic heterocycles. The van der Waals surface area contributed by atoms with Crippen molar-refractivity contribution in [3.63, 3.8) is 0 Å². The number of alkyl carbamates (subject to hydrolysis) is 2. The van der Waals surface area contributed by atoms with E-state index in [1.54, 1.807) is 17.4 Å². The third-order valence-corrected chi connectivity index (χ3v) is 12.8. The summed E-state index contributed by atoms with van der Waals surface area (Å²) in [4.78, 5) is 93.6. The molecule has 0 spiro atoms. The topological polar surface area (TPSA) is 259 Å². The number of carbonyl (C=O) groups excluding carboxylic acids is 7. The van der Waals surface area contributed by atoms with Gasteiger partial charge in [0.15, 0.2) is 11.6 Å². The summed E-state index contributed by atoms with van der Waals surface area (Å²) < 4.78 is 9.32. The van der Waals surface area contributed by atoms with Crippen LogP contribution in [0.2, 0.25) is 0 Å². The summed E-state index contributed by atoms with van der Waals surface area (Å²) in [5.41, 5.74) is 15.3. The smallest absolute Gasteiger partial charge is 0.662 e. The Labute approximate surface area is 520 Å². The molecule has 0 saturated carbocycles. The predicted octanol–water partition coefficient (Wildman–Crippen LogP) is 5.55. The molecule has 0 fully saturated rings. The van der Waals surface area contributed by atoms with Gasteiger partial charge >= 0.3 is 41.7 Å². The number of nitrogens with one attached hydrogen (secondary N) is 5. The third kappa shape index (κ3) is 27.4. The van der Waals surface area contributed by atoms with Gasteiger partial charge in [0.2, 0.25) is 0 Å². The summed E-state index contributed by atoms with van der Waals surface area (Å²) in [6.45, 7) is 15.5. The minimum Gasteiger partial charge on any atom is -0.662 e. The number of hydrazine groups is 2. The maximum absolute atomic E-state index is 13.4. The Hall–Kier alpha value is -7.36. The fourth-order valence-corrected chi connectivity index (χ4v) is 8.13. The number of nitrogens with zero attached hydrogens (tertiary/aromatic N) is 3. The molecule has 0 radical (unpaired) electrons. The van der Waals surface area contributed by atoms with Crippen molar-refractivity contribution >= 4 is 53.6 Å². The number of ether oxygens (including phenoxy) is 2. The monoisotopic (exact) mass is 1180 g/mol. The first-order valence-corrected chi connectivity index (χ1v) is 27.3. The largest absolute Gasteiger partial charge is 1.00 e. The maximum Gasteiger partial charge on any atom is 1.00 e. The van der Waals surface area contributed by atoms with E-state index in [1.807, 2.05) is 201 Å². The molecular weight excluding hydrogens is 1100 g/mol. The molecule has 4 aromatic carbocycles. The summed E-state index contributed by atoms with van der Waals surface area (Å²) in [6, 6.07) is 45.5. The molecule has 444 valence electrons. The average molecular weight is 1180 g/mol. The maximum atomic E-state index is 13.4. The van der Waals surface area contributed by atoms with Crippen molar-refractivity contribution in [1.29, 1.82) is 0 Å². The van der Waals surface area contributed by atoms with E-state index in [2.05, 4.69) is 46.5 Å². The molecule has 0 aliphatic rings. The van der Waals surface area contributed by atoms with Crippen LogP contribution < -0.4 is 61.7 Å². The molecule has 4 atom stereocenters. The summed E-state index contributed by atoms with van der Waals surface area (Å²) in [5.74, 6) is -0.749.